The molecule has 0 saturated carbocycles. The van der Waals surface area contributed by atoms with Crippen LogP contribution in [0.4, 0.5) is 0 Å². The molecule has 0 aliphatic heterocycles. The van der Waals surface area contributed by atoms with Crippen LogP contribution < -0.4 is 11.5 Å². The standard InChI is InChI=1S/C10H13N3O6S2/c11-10(12)13-19-9(14)8(6-20(15)16)21(17,18)7-4-2-1-3-5-7/h1-5,8H,6H2,(H,15,16)(H4,11,12,13). The summed E-state index contributed by atoms with van der Waals surface area (Å²) in [5.41, 5.74) is 9.91. The van der Waals surface area contributed by atoms with Gasteiger partial charge in [-0.1, -0.05) is 18.2 Å². The van der Waals surface area contributed by atoms with Gasteiger partial charge < -0.3 is 20.9 Å². The van der Waals surface area contributed by atoms with Crippen LogP contribution in [0.25, 0.3) is 0 Å². The van der Waals surface area contributed by atoms with E-state index in [0.717, 1.165) is 0 Å². The summed E-state index contributed by atoms with van der Waals surface area (Å²) in [5, 5.41) is 1.03. The van der Waals surface area contributed by atoms with Crippen LogP contribution >= 0.6 is 0 Å². The van der Waals surface area contributed by atoms with Gasteiger partial charge in [0.15, 0.2) is 26.2 Å². The van der Waals surface area contributed by atoms with Gasteiger partial charge in [0.1, 0.15) is 0 Å². The van der Waals surface area contributed by atoms with Crippen molar-refractivity contribution in [3.63, 3.8) is 0 Å². The van der Waals surface area contributed by atoms with E-state index in [-0.39, 0.29) is 4.90 Å². The van der Waals surface area contributed by atoms with E-state index in [1.807, 2.05) is 0 Å². The highest BCUT2D eigenvalue weighted by atomic mass is 32.2. The van der Waals surface area contributed by atoms with Crippen molar-refractivity contribution in [2.75, 3.05) is 5.75 Å². The Hall–Kier alpha value is -1.98. The molecule has 2 atom stereocenters. The Balaban J connectivity index is 3.16. The average molecular weight is 335 g/mol. The lowest BCUT2D eigenvalue weighted by atomic mass is 10.4. The summed E-state index contributed by atoms with van der Waals surface area (Å²) in [6.07, 6.45) is 0. The molecule has 5 N–H and O–H groups in total. The van der Waals surface area contributed by atoms with Gasteiger partial charge in [0.2, 0.25) is 5.96 Å². The Morgan fingerprint density at radius 1 is 1.33 bits per heavy atom. The van der Waals surface area contributed by atoms with Gasteiger partial charge in [-0.3, -0.25) is 0 Å². The zero-order chi connectivity index (χ0) is 16.0. The molecule has 2 unspecified atom stereocenters. The smallest absolute Gasteiger partial charge is 0.354 e. The maximum atomic E-state index is 12.3. The lowest BCUT2D eigenvalue weighted by Crippen LogP contribution is -2.37. The Morgan fingerprint density at radius 3 is 2.38 bits per heavy atom. The van der Waals surface area contributed by atoms with Crippen LogP contribution in [-0.2, 0) is 30.5 Å². The van der Waals surface area contributed by atoms with Crippen molar-refractivity contribution in [3.05, 3.63) is 30.3 Å². The van der Waals surface area contributed by atoms with Gasteiger partial charge in [-0.05, 0) is 17.3 Å². The molecule has 0 aliphatic carbocycles. The number of hydrogen-bond donors (Lipinski definition) is 3. The number of nitrogens with zero attached hydrogens (tertiary/aromatic N) is 1. The highest BCUT2D eigenvalue weighted by Crippen LogP contribution is 2.17. The Bertz CT molecular complexity index is 655. The fraction of sp³-hybridized carbons (Fsp3) is 0.200. The maximum Gasteiger partial charge on any atom is 0.354 e. The molecule has 116 valence electrons. The summed E-state index contributed by atoms with van der Waals surface area (Å²) in [4.78, 5) is 15.8. The number of carbonyl (C=O) groups excluding carboxylic acids is 1. The number of guanidine groups is 1. The van der Waals surface area contributed by atoms with E-state index >= 15 is 0 Å². The molecule has 1 aromatic rings. The SMILES string of the molecule is NC(N)=NOC(=O)C(CS(=O)O)S(=O)(=O)c1ccccc1. The second-order valence-corrected chi connectivity index (χ2v) is 6.87. The van der Waals surface area contributed by atoms with Crippen LogP contribution in [0.1, 0.15) is 0 Å². The molecule has 0 aliphatic rings. The zero-order valence-corrected chi connectivity index (χ0v) is 12.2. The minimum atomic E-state index is -4.22. The summed E-state index contributed by atoms with van der Waals surface area (Å²) < 4.78 is 44.4. The number of oxime groups is 1. The number of sulfone groups is 1. The highest BCUT2D eigenvalue weighted by molar-refractivity contribution is 7.94. The maximum absolute atomic E-state index is 12.3. The first-order chi connectivity index (χ1) is 9.75. The summed E-state index contributed by atoms with van der Waals surface area (Å²) >= 11 is -2.54. The van der Waals surface area contributed by atoms with E-state index in [4.69, 9.17) is 16.0 Å². The fourth-order valence-corrected chi connectivity index (χ4v) is 3.97. The number of nitrogens with two attached hydrogens (primary N) is 2. The number of benzene rings is 1. The second kappa shape index (κ2) is 7.15. The van der Waals surface area contributed by atoms with Gasteiger partial charge in [-0.2, -0.15) is 0 Å². The van der Waals surface area contributed by atoms with Gasteiger partial charge in [-0.15, -0.1) is 0 Å². The third-order valence-electron chi connectivity index (χ3n) is 2.24. The lowest BCUT2D eigenvalue weighted by molar-refractivity contribution is -0.142. The molecule has 0 radical (unpaired) electrons. The van der Waals surface area contributed by atoms with Crippen LogP contribution in [0, 0.1) is 0 Å². The monoisotopic (exact) mass is 335 g/mol. The molecule has 0 spiro atoms. The fourth-order valence-electron chi connectivity index (χ4n) is 1.34. The Kier molecular flexibility index (Phi) is 5.81. The van der Waals surface area contributed by atoms with E-state index in [9.17, 15) is 17.4 Å². The summed E-state index contributed by atoms with van der Waals surface area (Å²) in [5.74, 6) is -2.81. The number of hydrogen-bond acceptors (Lipinski definition) is 6. The molecule has 21 heavy (non-hydrogen) atoms. The van der Waals surface area contributed by atoms with Crippen molar-refractivity contribution in [2.45, 2.75) is 10.1 Å². The van der Waals surface area contributed by atoms with Gasteiger partial charge in [0.25, 0.3) is 0 Å². The molecule has 0 saturated heterocycles. The van der Waals surface area contributed by atoms with Gasteiger partial charge in [-0.25, -0.2) is 17.4 Å². The Morgan fingerprint density at radius 2 is 1.90 bits per heavy atom. The predicted molar refractivity (Wildman–Crippen MR) is 75.0 cm³/mol. The molecule has 1 rings (SSSR count). The van der Waals surface area contributed by atoms with E-state index in [1.54, 1.807) is 6.07 Å². The van der Waals surface area contributed by atoms with Crippen LogP contribution in [-0.4, -0.2) is 40.1 Å². The van der Waals surface area contributed by atoms with Gasteiger partial charge in [0.05, 0.1) is 10.6 Å². The van der Waals surface area contributed by atoms with Crippen molar-refractivity contribution < 1.29 is 26.8 Å². The third kappa shape index (κ3) is 4.81. The van der Waals surface area contributed by atoms with E-state index in [2.05, 4.69) is 9.99 Å². The van der Waals surface area contributed by atoms with Crippen molar-refractivity contribution in [3.8, 4) is 0 Å². The quantitative estimate of drug-likeness (QED) is 0.191. The predicted octanol–water partition coefficient (Wildman–Crippen LogP) is -1.22. The van der Waals surface area contributed by atoms with Crippen LogP contribution in [0.15, 0.2) is 40.4 Å². The lowest BCUT2D eigenvalue weighted by Gasteiger charge is -2.13. The topological polar surface area (TPSA) is 162 Å². The molecule has 0 fully saturated rings. The van der Waals surface area contributed by atoms with Crippen molar-refractivity contribution in [1.29, 1.82) is 0 Å². The normalized spacial score (nSPS) is 14.0. The van der Waals surface area contributed by atoms with E-state index < -0.39 is 43.8 Å². The van der Waals surface area contributed by atoms with Gasteiger partial charge in [0, 0.05) is 0 Å². The first-order valence-electron chi connectivity index (χ1n) is 5.41. The van der Waals surface area contributed by atoms with Crippen molar-refractivity contribution in [1.82, 2.24) is 0 Å². The molecule has 0 aromatic heterocycles. The number of carbonyl (C=O) groups is 1. The first kappa shape index (κ1) is 17.1. The van der Waals surface area contributed by atoms with Crippen LogP contribution in [0.2, 0.25) is 0 Å². The minimum Gasteiger partial charge on any atom is -0.367 e. The molecular weight excluding hydrogens is 322 g/mol. The minimum absolute atomic E-state index is 0.192. The van der Waals surface area contributed by atoms with Crippen molar-refractivity contribution in [2.24, 2.45) is 16.6 Å². The van der Waals surface area contributed by atoms with Crippen LogP contribution in [0.3, 0.4) is 0 Å². The zero-order valence-electron chi connectivity index (χ0n) is 10.6. The highest BCUT2D eigenvalue weighted by Gasteiger charge is 2.37. The average Bonchev–Trinajstić information content (AvgIpc) is 2.42. The second-order valence-electron chi connectivity index (χ2n) is 3.76. The first-order valence-corrected chi connectivity index (χ1v) is 8.23. The largest absolute Gasteiger partial charge is 0.367 e. The summed E-state index contributed by atoms with van der Waals surface area (Å²) in [6.45, 7) is 0. The molecule has 0 heterocycles. The molecule has 1 aromatic carbocycles. The molecular formula is C10H13N3O6S2. The summed E-state index contributed by atoms with van der Waals surface area (Å²) in [6, 6.07) is 6.96. The Labute approximate surface area is 123 Å². The molecule has 11 heteroatoms. The van der Waals surface area contributed by atoms with Gasteiger partial charge >= 0.3 is 5.97 Å². The molecule has 0 bridgehead atoms. The van der Waals surface area contributed by atoms with Crippen LogP contribution in [0.5, 0.6) is 0 Å². The molecule has 9 nitrogen and oxygen atoms in total. The van der Waals surface area contributed by atoms with E-state index in [0.29, 0.717) is 0 Å². The third-order valence-corrected chi connectivity index (χ3v) is 5.11. The van der Waals surface area contributed by atoms with E-state index in [1.165, 1.54) is 24.3 Å². The number of rotatable bonds is 6. The summed E-state index contributed by atoms with van der Waals surface area (Å²) in [7, 11) is -4.22. The molecule has 0 amide bonds. The van der Waals surface area contributed by atoms with Crippen molar-refractivity contribution >= 4 is 32.8 Å².